The summed E-state index contributed by atoms with van der Waals surface area (Å²) in [5, 5.41) is 3.34. The third-order valence-electron chi connectivity index (χ3n) is 3.92. The number of carbonyl (C=O) groups excluding carboxylic acids is 1. The number of carbonyl (C=O) groups is 1. The molecular weight excluding hydrogens is 236 g/mol. The molecule has 2 rings (SSSR count). The topological polar surface area (TPSA) is 32.3 Å². The number of rotatable bonds is 4. The number of hydrogen-bond acceptors (Lipinski definition) is 2. The first-order valence-corrected chi connectivity index (χ1v) is 7.29. The van der Waals surface area contributed by atoms with Crippen LogP contribution in [0.5, 0.6) is 0 Å². The van der Waals surface area contributed by atoms with Crippen molar-refractivity contribution in [2.24, 2.45) is 0 Å². The normalized spacial score (nSPS) is 19.2. The average Bonchev–Trinajstić information content (AvgIpc) is 2.47. The van der Waals surface area contributed by atoms with Gasteiger partial charge in [0.1, 0.15) is 0 Å². The lowest BCUT2D eigenvalue weighted by Crippen LogP contribution is -2.48. The van der Waals surface area contributed by atoms with Crippen LogP contribution < -0.4 is 5.32 Å². The van der Waals surface area contributed by atoms with Gasteiger partial charge < -0.3 is 10.2 Å². The molecule has 0 bridgehead atoms. The molecule has 1 heterocycles. The van der Waals surface area contributed by atoms with Crippen LogP contribution in [0.1, 0.15) is 37.3 Å². The van der Waals surface area contributed by atoms with Gasteiger partial charge in [0.15, 0.2) is 0 Å². The van der Waals surface area contributed by atoms with E-state index in [1.807, 2.05) is 17.0 Å². The predicted octanol–water partition coefficient (Wildman–Crippen LogP) is 2.49. The van der Waals surface area contributed by atoms with Gasteiger partial charge in [-0.15, -0.1) is 0 Å². The van der Waals surface area contributed by atoms with Crippen molar-refractivity contribution in [1.82, 2.24) is 10.2 Å². The van der Waals surface area contributed by atoms with Crippen molar-refractivity contribution in [2.45, 2.75) is 45.7 Å². The van der Waals surface area contributed by atoms with Crippen LogP contribution >= 0.6 is 0 Å². The second-order valence-corrected chi connectivity index (χ2v) is 5.28. The molecule has 1 N–H and O–H groups in total. The Morgan fingerprint density at radius 1 is 1.37 bits per heavy atom. The van der Waals surface area contributed by atoms with E-state index in [0.29, 0.717) is 0 Å². The lowest BCUT2D eigenvalue weighted by molar-refractivity contribution is -0.134. The van der Waals surface area contributed by atoms with Crippen LogP contribution in [0.25, 0.3) is 0 Å². The van der Waals surface area contributed by atoms with Gasteiger partial charge in [-0.1, -0.05) is 30.7 Å². The zero-order valence-corrected chi connectivity index (χ0v) is 12.0. The van der Waals surface area contributed by atoms with Crippen molar-refractivity contribution < 1.29 is 4.79 Å². The SMILES string of the molecule is CCN(Cc1ccccc1C)C(=O)[C@@H]1CCCCN1. The van der Waals surface area contributed by atoms with Crippen LogP contribution in [0.2, 0.25) is 0 Å². The first kappa shape index (κ1) is 14.1. The molecule has 0 aromatic heterocycles. The zero-order chi connectivity index (χ0) is 13.7. The summed E-state index contributed by atoms with van der Waals surface area (Å²) in [6.07, 6.45) is 3.32. The molecule has 0 unspecified atom stereocenters. The van der Waals surface area contributed by atoms with E-state index in [0.717, 1.165) is 32.5 Å². The average molecular weight is 260 g/mol. The van der Waals surface area contributed by atoms with Crippen LogP contribution in [0.4, 0.5) is 0 Å². The summed E-state index contributed by atoms with van der Waals surface area (Å²) < 4.78 is 0. The predicted molar refractivity (Wildman–Crippen MR) is 77.9 cm³/mol. The van der Waals surface area contributed by atoms with Gasteiger partial charge in [0.05, 0.1) is 6.04 Å². The minimum absolute atomic E-state index is 0.0257. The molecule has 1 aromatic carbocycles. The van der Waals surface area contributed by atoms with Crippen LogP contribution in [0, 0.1) is 6.92 Å². The molecule has 0 aliphatic carbocycles. The van der Waals surface area contributed by atoms with Crippen molar-refractivity contribution in [3.8, 4) is 0 Å². The zero-order valence-electron chi connectivity index (χ0n) is 12.0. The highest BCUT2D eigenvalue weighted by molar-refractivity contribution is 5.82. The van der Waals surface area contributed by atoms with E-state index in [2.05, 4.69) is 31.3 Å². The number of benzene rings is 1. The van der Waals surface area contributed by atoms with Crippen LogP contribution in [-0.2, 0) is 11.3 Å². The van der Waals surface area contributed by atoms with Crippen molar-refractivity contribution in [1.29, 1.82) is 0 Å². The number of amides is 1. The van der Waals surface area contributed by atoms with E-state index in [1.165, 1.54) is 17.5 Å². The molecule has 0 radical (unpaired) electrons. The number of piperidine rings is 1. The quantitative estimate of drug-likeness (QED) is 0.902. The minimum atomic E-state index is 0.0257. The Morgan fingerprint density at radius 3 is 2.79 bits per heavy atom. The molecule has 104 valence electrons. The van der Waals surface area contributed by atoms with Crippen molar-refractivity contribution in [3.05, 3.63) is 35.4 Å². The monoisotopic (exact) mass is 260 g/mol. The Kier molecular flexibility index (Phi) is 4.97. The molecule has 1 atom stereocenters. The van der Waals surface area contributed by atoms with Gasteiger partial charge in [0.25, 0.3) is 0 Å². The fourth-order valence-electron chi connectivity index (χ4n) is 2.62. The molecule has 1 aliphatic heterocycles. The second-order valence-electron chi connectivity index (χ2n) is 5.28. The Labute approximate surface area is 116 Å². The third kappa shape index (κ3) is 3.57. The first-order chi connectivity index (χ1) is 9.22. The first-order valence-electron chi connectivity index (χ1n) is 7.29. The van der Waals surface area contributed by atoms with Crippen molar-refractivity contribution in [2.75, 3.05) is 13.1 Å². The number of hydrogen-bond donors (Lipinski definition) is 1. The number of aryl methyl sites for hydroxylation is 1. The molecule has 19 heavy (non-hydrogen) atoms. The fraction of sp³-hybridized carbons (Fsp3) is 0.562. The van der Waals surface area contributed by atoms with E-state index in [9.17, 15) is 4.79 Å². The van der Waals surface area contributed by atoms with Gasteiger partial charge in [0, 0.05) is 13.1 Å². The largest absolute Gasteiger partial charge is 0.337 e. The van der Waals surface area contributed by atoms with Gasteiger partial charge in [0.2, 0.25) is 5.91 Å². The van der Waals surface area contributed by atoms with E-state index in [1.54, 1.807) is 0 Å². The Balaban J connectivity index is 2.03. The summed E-state index contributed by atoms with van der Waals surface area (Å²) in [6, 6.07) is 8.32. The molecule has 1 saturated heterocycles. The van der Waals surface area contributed by atoms with Gasteiger partial charge in [-0.2, -0.15) is 0 Å². The smallest absolute Gasteiger partial charge is 0.239 e. The Bertz CT molecular complexity index is 425. The maximum absolute atomic E-state index is 12.5. The molecule has 0 saturated carbocycles. The van der Waals surface area contributed by atoms with E-state index >= 15 is 0 Å². The lowest BCUT2D eigenvalue weighted by Gasteiger charge is -2.29. The number of nitrogens with zero attached hydrogens (tertiary/aromatic N) is 1. The summed E-state index contributed by atoms with van der Waals surface area (Å²) in [6.45, 7) is 6.62. The second kappa shape index (κ2) is 6.71. The van der Waals surface area contributed by atoms with Gasteiger partial charge in [-0.05, 0) is 44.4 Å². The van der Waals surface area contributed by atoms with E-state index in [4.69, 9.17) is 0 Å². The molecule has 1 aliphatic rings. The summed E-state index contributed by atoms with van der Waals surface area (Å²) in [5.74, 6) is 0.255. The van der Waals surface area contributed by atoms with Gasteiger partial charge in [-0.25, -0.2) is 0 Å². The molecule has 1 aromatic rings. The van der Waals surface area contributed by atoms with E-state index in [-0.39, 0.29) is 11.9 Å². The standard InChI is InChI=1S/C16H24N2O/c1-3-18(12-14-9-5-4-8-13(14)2)16(19)15-10-6-7-11-17-15/h4-5,8-9,15,17H,3,6-7,10-12H2,1-2H3/t15-/m0/s1. The number of nitrogens with one attached hydrogen (secondary N) is 1. The maximum Gasteiger partial charge on any atom is 0.239 e. The summed E-state index contributed by atoms with van der Waals surface area (Å²) in [4.78, 5) is 14.5. The molecular formula is C16H24N2O. The summed E-state index contributed by atoms with van der Waals surface area (Å²) in [7, 11) is 0. The van der Waals surface area contributed by atoms with Crippen molar-refractivity contribution >= 4 is 5.91 Å². The molecule has 1 fully saturated rings. The molecule has 1 amide bonds. The van der Waals surface area contributed by atoms with Crippen molar-refractivity contribution in [3.63, 3.8) is 0 Å². The minimum Gasteiger partial charge on any atom is -0.337 e. The Hall–Kier alpha value is -1.35. The Morgan fingerprint density at radius 2 is 2.16 bits per heavy atom. The van der Waals surface area contributed by atoms with Gasteiger partial charge in [-0.3, -0.25) is 4.79 Å². The third-order valence-corrected chi connectivity index (χ3v) is 3.92. The van der Waals surface area contributed by atoms with Crippen LogP contribution in [0.3, 0.4) is 0 Å². The highest BCUT2D eigenvalue weighted by Crippen LogP contribution is 2.14. The summed E-state index contributed by atoms with van der Waals surface area (Å²) >= 11 is 0. The van der Waals surface area contributed by atoms with Gasteiger partial charge >= 0.3 is 0 Å². The van der Waals surface area contributed by atoms with Crippen LogP contribution in [-0.4, -0.2) is 29.9 Å². The fourth-order valence-corrected chi connectivity index (χ4v) is 2.62. The van der Waals surface area contributed by atoms with Crippen LogP contribution in [0.15, 0.2) is 24.3 Å². The van der Waals surface area contributed by atoms with E-state index < -0.39 is 0 Å². The summed E-state index contributed by atoms with van der Waals surface area (Å²) in [5.41, 5.74) is 2.50. The number of likely N-dealkylation sites (N-methyl/N-ethyl adjacent to an activating group) is 1. The highest BCUT2D eigenvalue weighted by atomic mass is 16.2. The molecule has 3 nitrogen and oxygen atoms in total. The lowest BCUT2D eigenvalue weighted by atomic mass is 10.0. The highest BCUT2D eigenvalue weighted by Gasteiger charge is 2.24. The molecule has 0 spiro atoms. The maximum atomic E-state index is 12.5. The molecule has 3 heteroatoms.